The standard InChI is InChI=1S/C12H15ClN2O4/c1-14-4-5-18-10(7-14)8-19-9-2-3-12(15(16)17)11(13)6-9/h2-3,6,10H,4-5,7-8H2,1H3. The van der Waals surface area contributed by atoms with Gasteiger partial charge in [0.2, 0.25) is 0 Å². The first-order chi connectivity index (χ1) is 9.06. The molecule has 1 heterocycles. The fourth-order valence-corrected chi connectivity index (χ4v) is 2.12. The summed E-state index contributed by atoms with van der Waals surface area (Å²) < 4.78 is 11.1. The van der Waals surface area contributed by atoms with Crippen LogP contribution in [0.25, 0.3) is 0 Å². The van der Waals surface area contributed by atoms with Gasteiger partial charge in [-0.2, -0.15) is 0 Å². The van der Waals surface area contributed by atoms with E-state index in [0.717, 1.165) is 13.1 Å². The van der Waals surface area contributed by atoms with Crippen LogP contribution in [0.5, 0.6) is 5.75 Å². The van der Waals surface area contributed by atoms with Crippen molar-refractivity contribution >= 4 is 17.3 Å². The SMILES string of the molecule is CN1CCOC(COc2ccc([N+](=O)[O-])c(Cl)c2)C1. The van der Waals surface area contributed by atoms with Gasteiger partial charge in [0.05, 0.1) is 11.5 Å². The van der Waals surface area contributed by atoms with E-state index in [4.69, 9.17) is 21.1 Å². The molecule has 1 aliphatic heterocycles. The van der Waals surface area contributed by atoms with E-state index < -0.39 is 4.92 Å². The molecule has 19 heavy (non-hydrogen) atoms. The minimum atomic E-state index is -0.523. The smallest absolute Gasteiger partial charge is 0.288 e. The minimum absolute atomic E-state index is 0.00715. The van der Waals surface area contributed by atoms with Gasteiger partial charge in [-0.05, 0) is 13.1 Å². The van der Waals surface area contributed by atoms with Gasteiger partial charge in [-0.15, -0.1) is 0 Å². The Morgan fingerprint density at radius 3 is 3.05 bits per heavy atom. The van der Waals surface area contributed by atoms with Crippen LogP contribution in [0, 0.1) is 10.1 Å². The molecule has 0 aliphatic carbocycles. The largest absolute Gasteiger partial charge is 0.491 e. The lowest BCUT2D eigenvalue weighted by atomic mass is 10.3. The van der Waals surface area contributed by atoms with Crippen LogP contribution in [0.4, 0.5) is 5.69 Å². The average Bonchev–Trinajstić information content (AvgIpc) is 2.36. The van der Waals surface area contributed by atoms with Gasteiger partial charge in [0.1, 0.15) is 23.5 Å². The van der Waals surface area contributed by atoms with E-state index in [2.05, 4.69) is 4.90 Å². The minimum Gasteiger partial charge on any atom is -0.491 e. The summed E-state index contributed by atoms with van der Waals surface area (Å²) >= 11 is 5.81. The zero-order valence-electron chi connectivity index (χ0n) is 10.5. The molecule has 1 saturated heterocycles. The molecule has 0 N–H and O–H groups in total. The normalized spacial score (nSPS) is 20.2. The van der Waals surface area contributed by atoms with Crippen molar-refractivity contribution in [2.75, 3.05) is 33.4 Å². The van der Waals surface area contributed by atoms with Gasteiger partial charge < -0.3 is 14.4 Å². The summed E-state index contributed by atoms with van der Waals surface area (Å²) in [5, 5.41) is 10.7. The highest BCUT2D eigenvalue weighted by Crippen LogP contribution is 2.28. The molecule has 0 amide bonds. The van der Waals surface area contributed by atoms with Gasteiger partial charge in [-0.3, -0.25) is 10.1 Å². The van der Waals surface area contributed by atoms with Gasteiger partial charge in [0.25, 0.3) is 5.69 Å². The molecular weight excluding hydrogens is 272 g/mol. The molecule has 1 aromatic carbocycles. The van der Waals surface area contributed by atoms with Crippen LogP contribution < -0.4 is 4.74 Å². The molecule has 104 valence electrons. The Morgan fingerprint density at radius 1 is 1.63 bits per heavy atom. The second kappa shape index (κ2) is 6.18. The number of nitro benzene ring substituents is 1. The second-order valence-electron chi connectivity index (χ2n) is 4.44. The summed E-state index contributed by atoms with van der Waals surface area (Å²) in [6, 6.07) is 4.33. The van der Waals surface area contributed by atoms with E-state index in [1.54, 1.807) is 0 Å². The first-order valence-corrected chi connectivity index (χ1v) is 6.31. The molecule has 1 aliphatic rings. The average molecular weight is 287 g/mol. The summed E-state index contributed by atoms with van der Waals surface area (Å²) in [6.45, 7) is 2.81. The number of halogens is 1. The molecule has 1 fully saturated rings. The lowest BCUT2D eigenvalue weighted by molar-refractivity contribution is -0.384. The molecule has 7 heteroatoms. The van der Waals surface area contributed by atoms with Gasteiger partial charge in [-0.1, -0.05) is 11.6 Å². The molecule has 1 atom stereocenters. The fraction of sp³-hybridized carbons (Fsp3) is 0.500. The van der Waals surface area contributed by atoms with E-state index in [0.29, 0.717) is 19.0 Å². The highest BCUT2D eigenvalue weighted by Gasteiger charge is 2.19. The zero-order valence-corrected chi connectivity index (χ0v) is 11.3. The number of rotatable bonds is 4. The second-order valence-corrected chi connectivity index (χ2v) is 4.84. The van der Waals surface area contributed by atoms with Crippen LogP contribution in [-0.4, -0.2) is 49.3 Å². The Bertz CT molecular complexity index is 469. The highest BCUT2D eigenvalue weighted by molar-refractivity contribution is 6.32. The molecule has 0 aromatic heterocycles. The monoisotopic (exact) mass is 286 g/mol. The van der Waals surface area contributed by atoms with Crippen molar-refractivity contribution in [1.29, 1.82) is 0 Å². The predicted molar refractivity (Wildman–Crippen MR) is 70.8 cm³/mol. The number of nitrogens with zero attached hydrogens (tertiary/aromatic N) is 2. The summed E-state index contributed by atoms with van der Waals surface area (Å²) in [7, 11) is 2.03. The fourth-order valence-electron chi connectivity index (χ4n) is 1.88. The molecule has 0 spiro atoms. The van der Waals surface area contributed by atoms with Crippen molar-refractivity contribution in [3.63, 3.8) is 0 Å². The number of hydrogen-bond donors (Lipinski definition) is 0. The van der Waals surface area contributed by atoms with E-state index in [9.17, 15) is 10.1 Å². The van der Waals surface area contributed by atoms with Gasteiger partial charge in [0, 0.05) is 25.2 Å². The third-order valence-electron chi connectivity index (χ3n) is 2.89. The molecule has 2 rings (SSSR count). The van der Waals surface area contributed by atoms with Gasteiger partial charge in [0.15, 0.2) is 0 Å². The van der Waals surface area contributed by atoms with Crippen molar-refractivity contribution < 1.29 is 14.4 Å². The Kier molecular flexibility index (Phi) is 4.57. The number of hydrogen-bond acceptors (Lipinski definition) is 5. The van der Waals surface area contributed by atoms with Crippen LogP contribution in [0.1, 0.15) is 0 Å². The molecule has 1 unspecified atom stereocenters. The van der Waals surface area contributed by atoms with E-state index in [1.165, 1.54) is 18.2 Å². The summed E-state index contributed by atoms with van der Waals surface area (Å²) in [5.74, 6) is 0.507. The number of benzene rings is 1. The third kappa shape index (κ3) is 3.79. The van der Waals surface area contributed by atoms with Crippen LogP contribution >= 0.6 is 11.6 Å². The van der Waals surface area contributed by atoms with E-state index in [1.807, 2.05) is 7.05 Å². The quantitative estimate of drug-likeness (QED) is 0.625. The lowest BCUT2D eigenvalue weighted by Gasteiger charge is -2.29. The highest BCUT2D eigenvalue weighted by atomic mass is 35.5. The zero-order chi connectivity index (χ0) is 13.8. The first-order valence-electron chi connectivity index (χ1n) is 5.93. The van der Waals surface area contributed by atoms with Gasteiger partial charge >= 0.3 is 0 Å². The predicted octanol–water partition coefficient (Wildman–Crippen LogP) is 1.96. The first kappa shape index (κ1) is 14.0. The van der Waals surface area contributed by atoms with Crippen molar-refractivity contribution in [1.82, 2.24) is 4.90 Å². The summed E-state index contributed by atoms with van der Waals surface area (Å²) in [5.41, 5.74) is -0.123. The van der Waals surface area contributed by atoms with Crippen LogP contribution in [0.2, 0.25) is 5.02 Å². The topological polar surface area (TPSA) is 64.8 Å². The Balaban J connectivity index is 1.92. The Morgan fingerprint density at radius 2 is 2.42 bits per heavy atom. The van der Waals surface area contributed by atoms with E-state index in [-0.39, 0.29) is 16.8 Å². The molecular formula is C12H15ClN2O4. The van der Waals surface area contributed by atoms with Crippen molar-refractivity contribution in [2.45, 2.75) is 6.10 Å². The summed E-state index contributed by atoms with van der Waals surface area (Å²) in [6.07, 6.45) is 0.00715. The Hall–Kier alpha value is -1.37. The van der Waals surface area contributed by atoms with Crippen LogP contribution in [0.3, 0.4) is 0 Å². The molecule has 0 bridgehead atoms. The van der Waals surface area contributed by atoms with Crippen molar-refractivity contribution in [3.8, 4) is 5.75 Å². The Labute approximate surface area is 116 Å². The van der Waals surface area contributed by atoms with Crippen molar-refractivity contribution in [2.24, 2.45) is 0 Å². The molecule has 0 saturated carbocycles. The number of ether oxygens (including phenoxy) is 2. The maximum atomic E-state index is 10.6. The third-order valence-corrected chi connectivity index (χ3v) is 3.20. The lowest BCUT2D eigenvalue weighted by Crippen LogP contribution is -2.42. The maximum absolute atomic E-state index is 10.6. The summed E-state index contributed by atoms with van der Waals surface area (Å²) in [4.78, 5) is 12.3. The maximum Gasteiger partial charge on any atom is 0.288 e. The van der Waals surface area contributed by atoms with Crippen molar-refractivity contribution in [3.05, 3.63) is 33.3 Å². The molecule has 6 nitrogen and oxygen atoms in total. The van der Waals surface area contributed by atoms with E-state index >= 15 is 0 Å². The number of nitro groups is 1. The number of likely N-dealkylation sites (N-methyl/N-ethyl adjacent to an activating group) is 1. The number of morpholine rings is 1. The van der Waals surface area contributed by atoms with Gasteiger partial charge in [-0.25, -0.2) is 0 Å². The van der Waals surface area contributed by atoms with Crippen LogP contribution in [-0.2, 0) is 4.74 Å². The van der Waals surface area contributed by atoms with Crippen LogP contribution in [0.15, 0.2) is 18.2 Å². The molecule has 0 radical (unpaired) electrons. The molecule has 1 aromatic rings.